The maximum atomic E-state index is 12.1. The lowest BCUT2D eigenvalue weighted by molar-refractivity contribution is -0.120. The third-order valence-electron chi connectivity index (χ3n) is 3.38. The average molecular weight is 408 g/mol. The Morgan fingerprint density at radius 3 is 2.41 bits per heavy atom. The van der Waals surface area contributed by atoms with Gasteiger partial charge in [0.2, 0.25) is 0 Å². The van der Waals surface area contributed by atoms with Gasteiger partial charge in [0.15, 0.2) is 0 Å². The normalized spacial score (nSPS) is 10.6. The van der Waals surface area contributed by atoms with Gasteiger partial charge in [-0.3, -0.25) is 9.59 Å². The minimum absolute atomic E-state index is 0.222. The molecule has 0 aliphatic rings. The van der Waals surface area contributed by atoms with E-state index in [-0.39, 0.29) is 12.5 Å². The second-order valence-corrected chi connectivity index (χ2v) is 6.30. The van der Waals surface area contributed by atoms with Gasteiger partial charge in [-0.15, -0.1) is 0 Å². The lowest BCUT2D eigenvalue weighted by atomic mass is 10.2. The Morgan fingerprint density at radius 2 is 1.78 bits per heavy atom. The Balaban J connectivity index is 1.81. The lowest BCUT2D eigenvalue weighted by Gasteiger charge is -2.07. The smallest absolute Gasteiger partial charge is 0.259 e. The fourth-order valence-electron chi connectivity index (χ4n) is 2.03. The molecule has 0 saturated heterocycles. The van der Waals surface area contributed by atoms with Crippen LogP contribution in [0.3, 0.4) is 0 Å². The van der Waals surface area contributed by atoms with Gasteiger partial charge >= 0.3 is 0 Å². The number of hydrazone groups is 1. The van der Waals surface area contributed by atoms with E-state index in [1.54, 1.807) is 42.5 Å². The predicted octanol–water partition coefficient (Wildman–Crippen LogP) is 3.66. The molecule has 8 heteroatoms. The van der Waals surface area contributed by atoms with Crippen LogP contribution in [0, 0.1) is 0 Å². The maximum absolute atomic E-state index is 12.1. The van der Waals surface area contributed by atoms with E-state index >= 15 is 0 Å². The summed E-state index contributed by atoms with van der Waals surface area (Å²) < 4.78 is 5.46. The highest BCUT2D eigenvalue weighted by Gasteiger charge is 2.08. The topological polar surface area (TPSA) is 79.8 Å². The van der Waals surface area contributed by atoms with Crippen molar-refractivity contribution < 1.29 is 14.3 Å². The van der Waals surface area contributed by atoms with Gasteiger partial charge in [-0.2, -0.15) is 5.10 Å². The Bertz CT molecular complexity index is 803. The molecule has 0 spiro atoms. The highest BCUT2D eigenvalue weighted by Crippen LogP contribution is 2.21. The van der Waals surface area contributed by atoms with Crippen molar-refractivity contribution in [3.05, 3.63) is 63.6 Å². The van der Waals surface area contributed by atoms with Crippen LogP contribution >= 0.6 is 23.2 Å². The SMILES string of the molecule is CCCOc1ccc(C(=O)NCC(=O)NN=Cc2c(Cl)cccc2Cl)cc1. The van der Waals surface area contributed by atoms with Gasteiger partial charge in [0.1, 0.15) is 5.75 Å². The van der Waals surface area contributed by atoms with E-state index in [0.29, 0.717) is 33.5 Å². The van der Waals surface area contributed by atoms with Gasteiger partial charge in [0.05, 0.1) is 29.4 Å². The summed E-state index contributed by atoms with van der Waals surface area (Å²) >= 11 is 12.0. The summed E-state index contributed by atoms with van der Waals surface area (Å²) in [6, 6.07) is 11.7. The molecule has 0 saturated carbocycles. The fraction of sp³-hybridized carbons (Fsp3) is 0.211. The van der Waals surface area contributed by atoms with Gasteiger partial charge < -0.3 is 10.1 Å². The van der Waals surface area contributed by atoms with Crippen LogP contribution in [0.4, 0.5) is 0 Å². The monoisotopic (exact) mass is 407 g/mol. The van der Waals surface area contributed by atoms with Crippen molar-refractivity contribution in [3.63, 3.8) is 0 Å². The van der Waals surface area contributed by atoms with Crippen LogP contribution in [0.2, 0.25) is 10.0 Å². The highest BCUT2D eigenvalue weighted by molar-refractivity contribution is 6.38. The minimum Gasteiger partial charge on any atom is -0.494 e. The van der Waals surface area contributed by atoms with Crippen molar-refractivity contribution in [2.75, 3.05) is 13.2 Å². The predicted molar refractivity (Wildman–Crippen MR) is 107 cm³/mol. The number of ether oxygens (including phenoxy) is 1. The first kappa shape index (κ1) is 20.7. The molecule has 0 aliphatic heterocycles. The number of amides is 2. The van der Waals surface area contributed by atoms with Crippen LogP contribution in [-0.4, -0.2) is 31.2 Å². The number of rotatable bonds is 8. The van der Waals surface area contributed by atoms with Crippen molar-refractivity contribution in [2.24, 2.45) is 5.10 Å². The van der Waals surface area contributed by atoms with E-state index < -0.39 is 5.91 Å². The lowest BCUT2D eigenvalue weighted by Crippen LogP contribution is -2.34. The quantitative estimate of drug-likeness (QED) is 0.517. The highest BCUT2D eigenvalue weighted by atomic mass is 35.5. The molecule has 2 rings (SSSR count). The standard InChI is InChI=1S/C19H19Cl2N3O3/c1-2-10-27-14-8-6-13(7-9-14)19(26)22-12-18(25)24-23-11-15-16(20)4-3-5-17(15)21/h3-9,11H,2,10,12H2,1H3,(H,22,26)(H,24,25). The zero-order chi connectivity index (χ0) is 19.6. The van der Waals surface area contributed by atoms with Crippen LogP contribution in [0.15, 0.2) is 47.6 Å². The fourth-order valence-corrected chi connectivity index (χ4v) is 2.52. The molecule has 6 nitrogen and oxygen atoms in total. The number of nitrogens with one attached hydrogen (secondary N) is 2. The average Bonchev–Trinajstić information content (AvgIpc) is 2.67. The third kappa shape index (κ3) is 6.58. The van der Waals surface area contributed by atoms with Crippen molar-refractivity contribution in [1.82, 2.24) is 10.7 Å². The molecule has 0 aliphatic carbocycles. The van der Waals surface area contributed by atoms with Gasteiger partial charge in [0, 0.05) is 11.1 Å². The molecule has 0 fully saturated rings. The molecule has 0 aromatic heterocycles. The van der Waals surface area contributed by atoms with E-state index in [1.807, 2.05) is 6.92 Å². The van der Waals surface area contributed by atoms with Crippen LogP contribution < -0.4 is 15.5 Å². The molecular formula is C19H19Cl2N3O3. The van der Waals surface area contributed by atoms with Crippen LogP contribution in [0.25, 0.3) is 0 Å². The summed E-state index contributed by atoms with van der Waals surface area (Å²) in [5.74, 6) is -0.158. The summed E-state index contributed by atoms with van der Waals surface area (Å²) in [7, 11) is 0. The Labute approximate surface area is 167 Å². The maximum Gasteiger partial charge on any atom is 0.259 e. The number of nitrogens with zero attached hydrogens (tertiary/aromatic N) is 1. The first-order valence-corrected chi connectivity index (χ1v) is 9.04. The Morgan fingerprint density at radius 1 is 1.11 bits per heavy atom. The van der Waals surface area contributed by atoms with Crippen LogP contribution in [-0.2, 0) is 4.79 Å². The zero-order valence-corrected chi connectivity index (χ0v) is 16.2. The zero-order valence-electron chi connectivity index (χ0n) is 14.7. The second kappa shape index (κ2) is 10.5. The number of hydrogen-bond acceptors (Lipinski definition) is 4. The molecule has 2 aromatic carbocycles. The molecule has 0 heterocycles. The summed E-state index contributed by atoms with van der Waals surface area (Å²) in [5.41, 5.74) is 3.23. The van der Waals surface area contributed by atoms with E-state index in [0.717, 1.165) is 6.42 Å². The Hall–Kier alpha value is -2.57. The number of benzene rings is 2. The van der Waals surface area contributed by atoms with E-state index in [2.05, 4.69) is 15.8 Å². The molecule has 0 atom stereocenters. The number of carbonyl (C=O) groups is 2. The van der Waals surface area contributed by atoms with E-state index in [1.165, 1.54) is 6.21 Å². The van der Waals surface area contributed by atoms with Crippen molar-refractivity contribution in [1.29, 1.82) is 0 Å². The van der Waals surface area contributed by atoms with Crippen LogP contribution in [0.1, 0.15) is 29.3 Å². The Kier molecular flexibility index (Phi) is 8.10. The summed E-state index contributed by atoms with van der Waals surface area (Å²) in [6.07, 6.45) is 2.25. The van der Waals surface area contributed by atoms with Gasteiger partial charge in [-0.05, 0) is 42.8 Å². The molecular weight excluding hydrogens is 389 g/mol. The van der Waals surface area contributed by atoms with Crippen LogP contribution in [0.5, 0.6) is 5.75 Å². The first-order chi connectivity index (χ1) is 13.0. The van der Waals surface area contributed by atoms with Gasteiger partial charge in [-0.25, -0.2) is 5.43 Å². The molecule has 2 amide bonds. The number of hydrogen-bond donors (Lipinski definition) is 2. The molecule has 27 heavy (non-hydrogen) atoms. The van der Waals surface area contributed by atoms with E-state index in [9.17, 15) is 9.59 Å². The van der Waals surface area contributed by atoms with Crippen molar-refractivity contribution in [3.8, 4) is 5.75 Å². The molecule has 2 aromatic rings. The number of halogens is 2. The minimum atomic E-state index is -0.481. The summed E-state index contributed by atoms with van der Waals surface area (Å²) in [4.78, 5) is 23.8. The molecule has 0 unspecified atom stereocenters. The molecule has 0 radical (unpaired) electrons. The third-order valence-corrected chi connectivity index (χ3v) is 4.04. The summed E-state index contributed by atoms with van der Waals surface area (Å²) in [6.45, 7) is 2.41. The van der Waals surface area contributed by atoms with Crippen molar-refractivity contribution >= 4 is 41.2 Å². The van der Waals surface area contributed by atoms with Crippen molar-refractivity contribution in [2.45, 2.75) is 13.3 Å². The largest absolute Gasteiger partial charge is 0.494 e. The molecule has 0 bridgehead atoms. The summed E-state index contributed by atoms with van der Waals surface area (Å²) in [5, 5.41) is 7.14. The second-order valence-electron chi connectivity index (χ2n) is 5.48. The molecule has 142 valence electrons. The molecule has 2 N–H and O–H groups in total. The number of carbonyl (C=O) groups excluding carboxylic acids is 2. The van der Waals surface area contributed by atoms with Gasteiger partial charge in [-0.1, -0.05) is 36.2 Å². The first-order valence-electron chi connectivity index (χ1n) is 8.28. The van der Waals surface area contributed by atoms with Gasteiger partial charge in [0.25, 0.3) is 11.8 Å². The van der Waals surface area contributed by atoms with E-state index in [4.69, 9.17) is 27.9 Å².